The average molecular weight is 183 g/mol. The fraction of sp³-hybridized carbons (Fsp3) is 1.00. The molecule has 1 nitrogen and oxygen atoms in total. The molecule has 0 spiro atoms. The van der Waals surface area contributed by atoms with Gasteiger partial charge in [0, 0.05) is 5.54 Å². The van der Waals surface area contributed by atoms with Gasteiger partial charge in [0.1, 0.15) is 0 Å². The molecule has 1 rings (SSSR count). The van der Waals surface area contributed by atoms with Crippen LogP contribution in [0.4, 0.5) is 0 Å². The highest BCUT2D eigenvalue weighted by molar-refractivity contribution is 4.78. The van der Waals surface area contributed by atoms with E-state index < -0.39 is 0 Å². The average Bonchev–Trinajstić information content (AvgIpc) is 2.01. The van der Waals surface area contributed by atoms with E-state index in [1.54, 1.807) is 0 Å². The van der Waals surface area contributed by atoms with Crippen LogP contribution in [-0.4, -0.2) is 12.1 Å². The summed E-state index contributed by atoms with van der Waals surface area (Å²) in [6, 6.07) is 0. The SMILES string of the molecule is CC1CCCCC1CNC(C)(C)C. The van der Waals surface area contributed by atoms with Gasteiger partial charge in [-0.25, -0.2) is 0 Å². The topological polar surface area (TPSA) is 12.0 Å². The van der Waals surface area contributed by atoms with Gasteiger partial charge < -0.3 is 5.32 Å². The first-order chi connectivity index (χ1) is 5.99. The van der Waals surface area contributed by atoms with Crippen LogP contribution in [0.3, 0.4) is 0 Å². The standard InChI is InChI=1S/C12H25N/c1-10-7-5-6-8-11(10)9-13-12(2,3)4/h10-11,13H,5-9H2,1-4H3. The summed E-state index contributed by atoms with van der Waals surface area (Å²) >= 11 is 0. The van der Waals surface area contributed by atoms with Gasteiger partial charge in [0.2, 0.25) is 0 Å². The molecule has 78 valence electrons. The molecular weight excluding hydrogens is 158 g/mol. The summed E-state index contributed by atoms with van der Waals surface area (Å²) in [5.74, 6) is 1.86. The number of hydrogen-bond acceptors (Lipinski definition) is 1. The molecular formula is C12H25N. The van der Waals surface area contributed by atoms with Gasteiger partial charge in [0.05, 0.1) is 0 Å². The lowest BCUT2D eigenvalue weighted by Crippen LogP contribution is -2.41. The molecule has 0 saturated heterocycles. The highest BCUT2D eigenvalue weighted by Gasteiger charge is 2.22. The molecule has 0 aromatic carbocycles. The molecule has 2 unspecified atom stereocenters. The lowest BCUT2D eigenvalue weighted by molar-refractivity contribution is 0.230. The van der Waals surface area contributed by atoms with Crippen molar-refractivity contribution in [1.82, 2.24) is 5.32 Å². The normalized spacial score (nSPS) is 30.5. The Balaban J connectivity index is 2.27. The molecule has 0 bridgehead atoms. The second kappa shape index (κ2) is 4.45. The highest BCUT2D eigenvalue weighted by Crippen LogP contribution is 2.29. The maximum atomic E-state index is 3.62. The molecule has 0 aromatic heterocycles. The Morgan fingerprint density at radius 1 is 1.15 bits per heavy atom. The molecule has 1 aliphatic carbocycles. The molecule has 0 radical (unpaired) electrons. The van der Waals surface area contributed by atoms with Crippen molar-refractivity contribution < 1.29 is 0 Å². The molecule has 2 atom stereocenters. The highest BCUT2D eigenvalue weighted by atomic mass is 14.9. The quantitative estimate of drug-likeness (QED) is 0.693. The van der Waals surface area contributed by atoms with E-state index in [2.05, 4.69) is 33.0 Å². The Labute approximate surface area is 83.3 Å². The van der Waals surface area contributed by atoms with E-state index >= 15 is 0 Å². The van der Waals surface area contributed by atoms with E-state index in [1.165, 1.54) is 32.2 Å². The number of hydrogen-bond donors (Lipinski definition) is 1. The first kappa shape index (κ1) is 11.0. The van der Waals surface area contributed by atoms with Crippen molar-refractivity contribution in [2.24, 2.45) is 11.8 Å². The van der Waals surface area contributed by atoms with Crippen LogP contribution in [0.5, 0.6) is 0 Å². The molecule has 0 aromatic rings. The van der Waals surface area contributed by atoms with Crippen molar-refractivity contribution in [3.8, 4) is 0 Å². The van der Waals surface area contributed by atoms with Crippen LogP contribution in [0.25, 0.3) is 0 Å². The molecule has 1 aliphatic rings. The van der Waals surface area contributed by atoms with E-state index in [1.807, 2.05) is 0 Å². The summed E-state index contributed by atoms with van der Waals surface area (Å²) in [6.45, 7) is 10.4. The minimum absolute atomic E-state index is 0.289. The zero-order valence-corrected chi connectivity index (χ0v) is 9.69. The zero-order chi connectivity index (χ0) is 9.90. The van der Waals surface area contributed by atoms with Crippen LogP contribution in [0.1, 0.15) is 53.4 Å². The lowest BCUT2D eigenvalue weighted by atomic mass is 9.80. The summed E-state index contributed by atoms with van der Waals surface area (Å²) in [7, 11) is 0. The second-order valence-electron chi connectivity index (χ2n) is 5.65. The van der Waals surface area contributed by atoms with Crippen molar-refractivity contribution in [2.45, 2.75) is 58.9 Å². The maximum absolute atomic E-state index is 3.62. The van der Waals surface area contributed by atoms with Gasteiger partial charge in [-0.2, -0.15) is 0 Å². The summed E-state index contributed by atoms with van der Waals surface area (Å²) in [6.07, 6.45) is 5.77. The fourth-order valence-electron chi connectivity index (χ4n) is 2.13. The summed E-state index contributed by atoms with van der Waals surface area (Å²) in [5, 5.41) is 3.62. The third-order valence-corrected chi connectivity index (χ3v) is 3.18. The molecule has 13 heavy (non-hydrogen) atoms. The van der Waals surface area contributed by atoms with Crippen LogP contribution < -0.4 is 5.32 Å². The summed E-state index contributed by atoms with van der Waals surface area (Å²) in [5.41, 5.74) is 0.289. The molecule has 0 amide bonds. The van der Waals surface area contributed by atoms with Crippen LogP contribution in [-0.2, 0) is 0 Å². The minimum Gasteiger partial charge on any atom is -0.312 e. The Morgan fingerprint density at radius 3 is 2.31 bits per heavy atom. The van der Waals surface area contributed by atoms with Crippen molar-refractivity contribution in [2.75, 3.05) is 6.54 Å². The predicted octanol–water partition coefficient (Wildman–Crippen LogP) is 3.20. The van der Waals surface area contributed by atoms with Crippen molar-refractivity contribution in [3.63, 3.8) is 0 Å². The largest absolute Gasteiger partial charge is 0.312 e. The molecule has 1 fully saturated rings. The first-order valence-corrected chi connectivity index (χ1v) is 5.74. The number of rotatable bonds is 2. The van der Waals surface area contributed by atoms with Crippen molar-refractivity contribution in [1.29, 1.82) is 0 Å². The van der Waals surface area contributed by atoms with E-state index in [4.69, 9.17) is 0 Å². The monoisotopic (exact) mass is 183 g/mol. The molecule has 1 N–H and O–H groups in total. The van der Waals surface area contributed by atoms with Gasteiger partial charge in [-0.15, -0.1) is 0 Å². The Bertz CT molecular complexity index is 146. The van der Waals surface area contributed by atoms with Crippen LogP contribution in [0.15, 0.2) is 0 Å². The van der Waals surface area contributed by atoms with Gasteiger partial charge in [-0.05, 0) is 45.6 Å². The Kier molecular flexibility index (Phi) is 3.78. The molecule has 0 aliphatic heterocycles. The minimum atomic E-state index is 0.289. The third kappa shape index (κ3) is 4.12. The van der Waals surface area contributed by atoms with Gasteiger partial charge in [-0.1, -0.05) is 26.2 Å². The van der Waals surface area contributed by atoms with Crippen LogP contribution >= 0.6 is 0 Å². The third-order valence-electron chi connectivity index (χ3n) is 3.18. The number of nitrogens with one attached hydrogen (secondary N) is 1. The molecule has 1 saturated carbocycles. The Morgan fingerprint density at radius 2 is 1.77 bits per heavy atom. The van der Waals surface area contributed by atoms with Gasteiger partial charge in [0.15, 0.2) is 0 Å². The van der Waals surface area contributed by atoms with Gasteiger partial charge in [0.25, 0.3) is 0 Å². The van der Waals surface area contributed by atoms with Crippen LogP contribution in [0, 0.1) is 11.8 Å². The van der Waals surface area contributed by atoms with E-state index in [0.717, 1.165) is 11.8 Å². The predicted molar refractivity (Wildman–Crippen MR) is 58.9 cm³/mol. The Hall–Kier alpha value is -0.0400. The first-order valence-electron chi connectivity index (χ1n) is 5.74. The molecule has 0 heterocycles. The van der Waals surface area contributed by atoms with E-state index in [9.17, 15) is 0 Å². The zero-order valence-electron chi connectivity index (χ0n) is 9.69. The maximum Gasteiger partial charge on any atom is 0.00966 e. The fourth-order valence-corrected chi connectivity index (χ4v) is 2.13. The van der Waals surface area contributed by atoms with Crippen LogP contribution in [0.2, 0.25) is 0 Å². The van der Waals surface area contributed by atoms with Gasteiger partial charge >= 0.3 is 0 Å². The van der Waals surface area contributed by atoms with Crippen molar-refractivity contribution in [3.05, 3.63) is 0 Å². The lowest BCUT2D eigenvalue weighted by Gasteiger charge is -2.32. The summed E-state index contributed by atoms with van der Waals surface area (Å²) in [4.78, 5) is 0. The summed E-state index contributed by atoms with van der Waals surface area (Å²) < 4.78 is 0. The smallest absolute Gasteiger partial charge is 0.00966 e. The second-order valence-corrected chi connectivity index (χ2v) is 5.65. The van der Waals surface area contributed by atoms with Crippen molar-refractivity contribution >= 4 is 0 Å². The van der Waals surface area contributed by atoms with Gasteiger partial charge in [-0.3, -0.25) is 0 Å². The molecule has 1 heteroatoms. The van der Waals surface area contributed by atoms with E-state index in [-0.39, 0.29) is 5.54 Å². The van der Waals surface area contributed by atoms with E-state index in [0.29, 0.717) is 0 Å².